The second kappa shape index (κ2) is 18.9. The third kappa shape index (κ3) is 9.97. The Kier molecular flexibility index (Phi) is 15.4. The molecule has 4 aliphatic heterocycles. The fourth-order valence-electron chi connectivity index (χ4n) is 9.78. The van der Waals surface area contributed by atoms with Crippen LogP contribution in [-0.2, 0) is 33.2 Å². The highest BCUT2D eigenvalue weighted by atomic mass is 32.1. The van der Waals surface area contributed by atoms with Crippen molar-refractivity contribution < 1.29 is 63.1 Å². The van der Waals surface area contributed by atoms with E-state index in [1.807, 2.05) is 25.9 Å². The zero-order chi connectivity index (χ0) is 44.8. The number of rotatable bonds is 7. The van der Waals surface area contributed by atoms with E-state index in [-0.39, 0.29) is 48.8 Å². The van der Waals surface area contributed by atoms with Gasteiger partial charge >= 0.3 is 5.97 Å². The zero-order valence-electron chi connectivity index (χ0n) is 37.2. The minimum Gasteiger partial charge on any atom is -0.459 e. The number of methoxy groups -OCH3 is 1. The van der Waals surface area contributed by atoms with Gasteiger partial charge in [0.1, 0.15) is 35.8 Å². The number of benzene rings is 1. The van der Waals surface area contributed by atoms with Crippen molar-refractivity contribution in [2.45, 2.75) is 184 Å². The number of hydrogen-bond acceptors (Lipinski definition) is 14. The molecule has 18 atom stereocenters. The maximum Gasteiger partial charge on any atom is 0.311 e. The first kappa shape index (κ1) is 48.9. The highest BCUT2D eigenvalue weighted by Crippen LogP contribution is 2.42. The van der Waals surface area contributed by atoms with Crippen molar-refractivity contribution in [1.82, 2.24) is 9.80 Å². The second-order valence-electron chi connectivity index (χ2n) is 18.6. The summed E-state index contributed by atoms with van der Waals surface area (Å²) in [7, 11) is 5.20. The molecule has 5 rings (SSSR count). The first-order chi connectivity index (χ1) is 27.9. The van der Waals surface area contributed by atoms with Crippen LogP contribution in [0.3, 0.4) is 0 Å². The van der Waals surface area contributed by atoms with Gasteiger partial charge in [0.05, 0.1) is 53.3 Å². The Labute approximate surface area is 359 Å². The number of aliphatic hydroxyl groups excluding tert-OH is 3. The molecule has 1 aromatic rings. The highest BCUT2D eigenvalue weighted by molar-refractivity contribution is 7.80. The van der Waals surface area contributed by atoms with Crippen LogP contribution in [0.5, 0.6) is 0 Å². The van der Waals surface area contributed by atoms with Crippen LogP contribution in [0, 0.1) is 17.7 Å². The van der Waals surface area contributed by atoms with Gasteiger partial charge in [0.2, 0.25) is 0 Å². The number of nitrogens with zero attached hydrogens (tertiary/aromatic N) is 2. The molecular formula is C43H70FN3O12S. The Morgan fingerprint density at radius 1 is 1.02 bits per heavy atom. The smallest absolute Gasteiger partial charge is 0.311 e. The summed E-state index contributed by atoms with van der Waals surface area (Å²) in [5.74, 6) is -3.92. The first-order valence-corrected chi connectivity index (χ1v) is 21.7. The summed E-state index contributed by atoms with van der Waals surface area (Å²) in [6.07, 6.45) is -9.89. The summed E-state index contributed by atoms with van der Waals surface area (Å²) < 4.78 is 53.3. The molecule has 0 saturated carbocycles. The van der Waals surface area contributed by atoms with Crippen LogP contribution in [0.25, 0.3) is 0 Å². The summed E-state index contributed by atoms with van der Waals surface area (Å²) in [6, 6.07) is 3.33. The number of carbonyl (C=O) groups is 1. The number of carbonyl (C=O) groups excluding carboxylic acids is 1. The molecule has 342 valence electrons. The number of thiocarbonyl (C=S) groups is 1. The Hall–Kier alpha value is -2.13. The van der Waals surface area contributed by atoms with Crippen molar-refractivity contribution in [3.8, 4) is 0 Å². The van der Waals surface area contributed by atoms with Crippen LogP contribution in [0.4, 0.5) is 10.1 Å². The fourth-order valence-corrected chi connectivity index (χ4v) is 10.1. The molecular weight excluding hydrogens is 802 g/mol. The van der Waals surface area contributed by atoms with Crippen molar-refractivity contribution in [3.05, 3.63) is 29.6 Å². The van der Waals surface area contributed by atoms with Crippen molar-refractivity contribution >= 4 is 29.0 Å². The summed E-state index contributed by atoms with van der Waals surface area (Å²) in [6.45, 7) is 15.2. The van der Waals surface area contributed by atoms with Gasteiger partial charge in [0, 0.05) is 38.0 Å². The number of nitrogens with one attached hydrogen (secondary N) is 1. The van der Waals surface area contributed by atoms with E-state index in [9.17, 15) is 30.3 Å². The lowest BCUT2D eigenvalue weighted by Crippen LogP contribution is -2.61. The zero-order valence-corrected chi connectivity index (χ0v) is 38.0. The molecule has 0 unspecified atom stereocenters. The van der Waals surface area contributed by atoms with Crippen LogP contribution < -0.4 is 5.32 Å². The van der Waals surface area contributed by atoms with Gasteiger partial charge < -0.3 is 69.1 Å². The summed E-state index contributed by atoms with van der Waals surface area (Å²) >= 11 is 5.82. The molecule has 3 saturated heterocycles. The monoisotopic (exact) mass is 871 g/mol. The molecule has 6 N–H and O–H groups in total. The van der Waals surface area contributed by atoms with Crippen LogP contribution in [0.15, 0.2) is 18.2 Å². The quantitative estimate of drug-likeness (QED) is 0.173. The number of likely N-dealkylation sites (N-methyl/N-ethyl adjacent to an activating group) is 1. The number of aliphatic hydroxyl groups is 5. The van der Waals surface area contributed by atoms with Gasteiger partial charge in [0.15, 0.2) is 17.7 Å². The molecule has 4 aliphatic rings. The molecule has 4 heterocycles. The van der Waals surface area contributed by atoms with E-state index >= 15 is 4.39 Å². The van der Waals surface area contributed by atoms with E-state index < -0.39 is 108 Å². The lowest BCUT2D eigenvalue weighted by Gasteiger charge is -2.49. The van der Waals surface area contributed by atoms with Gasteiger partial charge in [0.25, 0.3) is 0 Å². The lowest BCUT2D eigenvalue weighted by molar-refractivity contribution is -0.317. The highest BCUT2D eigenvalue weighted by Gasteiger charge is 2.53. The van der Waals surface area contributed by atoms with E-state index in [1.54, 1.807) is 65.5 Å². The standard InChI is InChI=1S/C43H70FN3O12S/c1-13-31-43(9,53)35(49)24(5)47-20-27(26-14-15-28(44)29(17-26)45-40(47)60)18-41(7,52)37(59-39-33(48)30(46(10)11)16-21(2)55-39)22(3)34(23(4)38(51)57-31)58-32-19-42(8,54-12)36(50)25(6)56-32/h14-15,17,21-25,27,30-37,39,48-50,52-53H,13,16,18-20H2,1-12H3,(H,45,60)/t21-,22+,23-,24-,25+,27-,30+,31-,32+,33-,34+,35-,36+,37-,39+,41-,42-,43-/m1/s1. The van der Waals surface area contributed by atoms with E-state index in [0.717, 1.165) is 0 Å². The predicted molar refractivity (Wildman–Crippen MR) is 224 cm³/mol. The third-order valence-electron chi connectivity index (χ3n) is 13.7. The van der Waals surface area contributed by atoms with E-state index in [4.69, 9.17) is 40.6 Å². The number of ether oxygens (including phenoxy) is 6. The fraction of sp³-hybridized carbons (Fsp3) is 0.814. The van der Waals surface area contributed by atoms with Crippen molar-refractivity contribution in [2.24, 2.45) is 11.8 Å². The molecule has 0 aromatic heterocycles. The van der Waals surface area contributed by atoms with Gasteiger partial charge in [-0.25, -0.2) is 4.39 Å². The van der Waals surface area contributed by atoms with Crippen LogP contribution in [0.1, 0.15) is 99.5 Å². The Balaban J connectivity index is 1.70. The normalized spacial score (nSPS) is 44.9. The van der Waals surface area contributed by atoms with Gasteiger partial charge in [-0.3, -0.25) is 4.79 Å². The SMILES string of the molecule is CC[C@H]1OC(=O)[C@H](C)[C@@H](O[C@H]2C[C@@](C)(OC)[C@@H](O)[C@H](C)O2)[C@H](C)[C@@H](O[C@@H]2O[C@H](C)C[C@H](N(C)C)[C@H]2O)[C@](C)(O)C[C@@H]2CN(C(=S)Nc3cc2ccc3F)[C@H](C)[C@@H](O)[C@]1(C)O. The number of hydrogen-bond donors (Lipinski definition) is 6. The van der Waals surface area contributed by atoms with Crippen molar-refractivity contribution in [1.29, 1.82) is 0 Å². The number of fused-ring (bicyclic) bond motifs is 5. The van der Waals surface area contributed by atoms with Crippen molar-refractivity contribution in [2.75, 3.05) is 33.1 Å². The third-order valence-corrected chi connectivity index (χ3v) is 14.0. The topological polar surface area (TPSA) is 192 Å². The second-order valence-corrected chi connectivity index (χ2v) is 19.0. The lowest BCUT2D eigenvalue weighted by atomic mass is 9.76. The van der Waals surface area contributed by atoms with Gasteiger partial charge in [-0.1, -0.05) is 19.9 Å². The molecule has 1 aromatic carbocycles. The molecule has 0 radical (unpaired) electrons. The summed E-state index contributed by atoms with van der Waals surface area (Å²) in [4.78, 5) is 18.0. The van der Waals surface area contributed by atoms with E-state index in [2.05, 4.69) is 5.32 Å². The number of cyclic esters (lactones) is 1. The average Bonchev–Trinajstić information content (AvgIpc) is 3.18. The van der Waals surface area contributed by atoms with E-state index in [1.165, 1.54) is 20.1 Å². The first-order valence-electron chi connectivity index (χ1n) is 21.3. The van der Waals surface area contributed by atoms with Gasteiger partial charge in [-0.15, -0.1) is 0 Å². The van der Waals surface area contributed by atoms with Crippen LogP contribution in [-0.4, -0.2) is 164 Å². The number of halogens is 1. The summed E-state index contributed by atoms with van der Waals surface area (Å²) in [5.41, 5.74) is -4.15. The van der Waals surface area contributed by atoms with Gasteiger partial charge in [-0.2, -0.15) is 0 Å². The average molecular weight is 872 g/mol. The summed E-state index contributed by atoms with van der Waals surface area (Å²) in [5, 5.41) is 62.9. The van der Waals surface area contributed by atoms with Crippen LogP contribution in [0.2, 0.25) is 0 Å². The van der Waals surface area contributed by atoms with Gasteiger partial charge in [-0.05, 0) is 112 Å². The molecule has 0 aliphatic carbocycles. The molecule has 0 amide bonds. The molecule has 0 spiro atoms. The minimum absolute atomic E-state index is 0.0328. The molecule has 17 heteroatoms. The maximum absolute atomic E-state index is 15.3. The molecule has 4 bridgehead atoms. The Bertz CT molecular complexity index is 1660. The predicted octanol–water partition coefficient (Wildman–Crippen LogP) is 3.27. The molecule has 15 nitrogen and oxygen atoms in total. The minimum atomic E-state index is -2.01. The molecule has 3 fully saturated rings. The largest absolute Gasteiger partial charge is 0.459 e. The number of anilines is 1. The molecule has 60 heavy (non-hydrogen) atoms. The van der Waals surface area contributed by atoms with E-state index in [0.29, 0.717) is 12.0 Å². The van der Waals surface area contributed by atoms with Crippen LogP contribution >= 0.6 is 12.2 Å². The van der Waals surface area contributed by atoms with Crippen molar-refractivity contribution in [3.63, 3.8) is 0 Å². The number of esters is 1. The Morgan fingerprint density at radius 2 is 1.68 bits per heavy atom. The maximum atomic E-state index is 15.3. The Morgan fingerprint density at radius 3 is 2.30 bits per heavy atom.